The Morgan fingerprint density at radius 2 is 2.19 bits per heavy atom. The first kappa shape index (κ1) is 15.5. The van der Waals surface area contributed by atoms with Crippen molar-refractivity contribution in [1.29, 1.82) is 0 Å². The Morgan fingerprint density at radius 3 is 2.90 bits per heavy atom. The lowest BCUT2D eigenvalue weighted by atomic mass is 10.3. The molecule has 7 nitrogen and oxygen atoms in total. The van der Waals surface area contributed by atoms with Gasteiger partial charge in [0, 0.05) is 38.7 Å². The van der Waals surface area contributed by atoms with Crippen molar-refractivity contribution in [1.82, 2.24) is 14.9 Å². The van der Waals surface area contributed by atoms with Crippen LogP contribution in [-0.4, -0.2) is 47.0 Å². The monoisotopic (exact) mass is 293 g/mol. The molecule has 1 saturated heterocycles. The largest absolute Gasteiger partial charge is 0.384 e. The van der Waals surface area contributed by atoms with Crippen LogP contribution in [0.25, 0.3) is 0 Å². The van der Waals surface area contributed by atoms with Crippen LogP contribution in [0.3, 0.4) is 0 Å². The minimum Gasteiger partial charge on any atom is -0.384 e. The van der Waals surface area contributed by atoms with Crippen molar-refractivity contribution < 1.29 is 9.53 Å². The zero-order chi connectivity index (χ0) is 15.1. The maximum atomic E-state index is 11.9. The van der Waals surface area contributed by atoms with Crippen LogP contribution in [0.4, 0.5) is 11.6 Å². The highest BCUT2D eigenvalue weighted by atomic mass is 16.5. The van der Waals surface area contributed by atoms with E-state index in [9.17, 15) is 4.79 Å². The number of rotatable bonds is 7. The third kappa shape index (κ3) is 4.86. The molecule has 2 heterocycles. The zero-order valence-corrected chi connectivity index (χ0v) is 12.5. The fourth-order valence-electron chi connectivity index (χ4n) is 2.29. The number of nitrogen functional groups attached to an aromatic ring is 1. The summed E-state index contributed by atoms with van der Waals surface area (Å²) < 4.78 is 5.27. The van der Waals surface area contributed by atoms with Crippen LogP contribution in [0.2, 0.25) is 0 Å². The van der Waals surface area contributed by atoms with Gasteiger partial charge in [-0.15, -0.1) is 0 Å². The third-order valence-corrected chi connectivity index (χ3v) is 3.33. The van der Waals surface area contributed by atoms with Crippen LogP contribution in [0.15, 0.2) is 6.07 Å². The SMILES string of the molecule is CCOCc1nc(N)cc(NCCC(=O)N2CCCC2)n1. The first-order valence-electron chi connectivity index (χ1n) is 7.42. The molecule has 1 aliphatic rings. The number of aromatic nitrogens is 2. The Hall–Kier alpha value is -1.89. The Labute approximate surface area is 124 Å². The number of anilines is 2. The standard InChI is InChI=1S/C14H23N5O2/c1-2-21-10-13-17-11(15)9-12(18-13)16-6-5-14(20)19-7-3-4-8-19/h9H,2-8,10H2,1H3,(H3,15,16,17,18). The highest BCUT2D eigenvalue weighted by molar-refractivity contribution is 5.76. The molecule has 7 heteroatoms. The van der Waals surface area contributed by atoms with Gasteiger partial charge >= 0.3 is 0 Å². The quantitative estimate of drug-likeness (QED) is 0.779. The predicted octanol–water partition coefficient (Wildman–Crippen LogP) is 1.02. The summed E-state index contributed by atoms with van der Waals surface area (Å²) in [6.45, 7) is 5.17. The van der Waals surface area contributed by atoms with Crippen LogP contribution in [0, 0.1) is 0 Å². The van der Waals surface area contributed by atoms with E-state index in [0.717, 1.165) is 25.9 Å². The molecule has 0 spiro atoms. The average molecular weight is 293 g/mol. The van der Waals surface area contributed by atoms with E-state index in [1.54, 1.807) is 6.07 Å². The molecule has 1 amide bonds. The zero-order valence-electron chi connectivity index (χ0n) is 12.5. The Balaban J connectivity index is 1.81. The highest BCUT2D eigenvalue weighted by Gasteiger charge is 2.17. The van der Waals surface area contributed by atoms with Gasteiger partial charge in [0.05, 0.1) is 0 Å². The second-order valence-corrected chi connectivity index (χ2v) is 5.00. The number of nitrogens with zero attached hydrogens (tertiary/aromatic N) is 3. The van der Waals surface area contributed by atoms with E-state index < -0.39 is 0 Å². The van der Waals surface area contributed by atoms with E-state index in [0.29, 0.717) is 43.6 Å². The van der Waals surface area contributed by atoms with Crippen LogP contribution in [0.5, 0.6) is 0 Å². The molecule has 0 unspecified atom stereocenters. The number of nitrogens with two attached hydrogens (primary N) is 1. The summed E-state index contributed by atoms with van der Waals surface area (Å²) in [5.41, 5.74) is 5.74. The molecule has 1 aromatic heterocycles. The predicted molar refractivity (Wildman–Crippen MR) is 80.7 cm³/mol. The van der Waals surface area contributed by atoms with Crippen molar-refractivity contribution in [2.45, 2.75) is 32.8 Å². The molecule has 0 aliphatic carbocycles. The molecule has 0 radical (unpaired) electrons. The highest BCUT2D eigenvalue weighted by Crippen LogP contribution is 2.11. The number of hydrogen-bond acceptors (Lipinski definition) is 6. The van der Waals surface area contributed by atoms with Gasteiger partial charge in [-0.3, -0.25) is 4.79 Å². The van der Waals surface area contributed by atoms with Gasteiger partial charge in [0.2, 0.25) is 5.91 Å². The number of amides is 1. The van der Waals surface area contributed by atoms with E-state index in [2.05, 4.69) is 15.3 Å². The maximum absolute atomic E-state index is 11.9. The van der Waals surface area contributed by atoms with E-state index in [1.165, 1.54) is 0 Å². The summed E-state index contributed by atoms with van der Waals surface area (Å²) in [4.78, 5) is 22.2. The van der Waals surface area contributed by atoms with Crippen LogP contribution in [0.1, 0.15) is 32.0 Å². The molecular weight excluding hydrogens is 270 g/mol. The van der Waals surface area contributed by atoms with Gasteiger partial charge in [-0.25, -0.2) is 9.97 Å². The molecular formula is C14H23N5O2. The first-order chi connectivity index (χ1) is 10.2. The minimum absolute atomic E-state index is 0.191. The summed E-state index contributed by atoms with van der Waals surface area (Å²) in [6, 6.07) is 1.66. The topological polar surface area (TPSA) is 93.4 Å². The van der Waals surface area contributed by atoms with Crippen molar-refractivity contribution in [2.75, 3.05) is 37.3 Å². The van der Waals surface area contributed by atoms with Crippen molar-refractivity contribution in [2.24, 2.45) is 0 Å². The lowest BCUT2D eigenvalue weighted by Crippen LogP contribution is -2.29. The molecule has 1 aliphatic heterocycles. The Bertz CT molecular complexity index is 474. The summed E-state index contributed by atoms with van der Waals surface area (Å²) in [7, 11) is 0. The van der Waals surface area contributed by atoms with Crippen molar-refractivity contribution >= 4 is 17.5 Å². The molecule has 3 N–H and O–H groups in total. The van der Waals surface area contributed by atoms with E-state index in [-0.39, 0.29) is 5.91 Å². The van der Waals surface area contributed by atoms with Gasteiger partial charge in [-0.2, -0.15) is 0 Å². The second kappa shape index (κ2) is 7.78. The second-order valence-electron chi connectivity index (χ2n) is 5.00. The molecule has 21 heavy (non-hydrogen) atoms. The summed E-state index contributed by atoms with van der Waals surface area (Å²) >= 11 is 0. The van der Waals surface area contributed by atoms with Crippen LogP contribution < -0.4 is 11.1 Å². The van der Waals surface area contributed by atoms with E-state index in [1.807, 2.05) is 11.8 Å². The summed E-state index contributed by atoms with van der Waals surface area (Å²) in [6.07, 6.45) is 2.69. The number of nitrogens with one attached hydrogen (secondary N) is 1. The number of carbonyl (C=O) groups is 1. The number of ether oxygens (including phenoxy) is 1. The van der Waals surface area contributed by atoms with Gasteiger partial charge in [-0.05, 0) is 19.8 Å². The normalized spacial score (nSPS) is 14.4. The average Bonchev–Trinajstić information content (AvgIpc) is 2.99. The van der Waals surface area contributed by atoms with Crippen molar-refractivity contribution in [3.05, 3.63) is 11.9 Å². The van der Waals surface area contributed by atoms with Gasteiger partial charge in [0.15, 0.2) is 5.82 Å². The van der Waals surface area contributed by atoms with Crippen molar-refractivity contribution in [3.8, 4) is 0 Å². The smallest absolute Gasteiger partial charge is 0.224 e. The molecule has 116 valence electrons. The first-order valence-corrected chi connectivity index (χ1v) is 7.42. The fraction of sp³-hybridized carbons (Fsp3) is 0.643. The molecule has 0 saturated carbocycles. The summed E-state index contributed by atoms with van der Waals surface area (Å²) in [5, 5.41) is 3.12. The van der Waals surface area contributed by atoms with Gasteiger partial charge in [0.25, 0.3) is 0 Å². The lowest BCUT2D eigenvalue weighted by molar-refractivity contribution is -0.129. The molecule has 1 aromatic rings. The molecule has 0 atom stereocenters. The Kier molecular flexibility index (Phi) is 5.74. The molecule has 1 fully saturated rings. The minimum atomic E-state index is 0.191. The molecule has 2 rings (SSSR count). The summed E-state index contributed by atoms with van der Waals surface area (Å²) in [5.74, 6) is 1.77. The van der Waals surface area contributed by atoms with E-state index in [4.69, 9.17) is 10.5 Å². The third-order valence-electron chi connectivity index (χ3n) is 3.33. The van der Waals surface area contributed by atoms with E-state index >= 15 is 0 Å². The van der Waals surface area contributed by atoms with Crippen LogP contribution >= 0.6 is 0 Å². The van der Waals surface area contributed by atoms with Crippen LogP contribution in [-0.2, 0) is 16.1 Å². The number of carbonyl (C=O) groups excluding carboxylic acids is 1. The maximum Gasteiger partial charge on any atom is 0.224 e. The molecule has 0 aromatic carbocycles. The lowest BCUT2D eigenvalue weighted by Gasteiger charge is -2.15. The van der Waals surface area contributed by atoms with Gasteiger partial charge in [-0.1, -0.05) is 0 Å². The van der Waals surface area contributed by atoms with Crippen molar-refractivity contribution in [3.63, 3.8) is 0 Å². The number of likely N-dealkylation sites (tertiary alicyclic amines) is 1. The Morgan fingerprint density at radius 1 is 1.43 bits per heavy atom. The molecule has 0 bridgehead atoms. The van der Waals surface area contributed by atoms with Gasteiger partial charge < -0.3 is 20.7 Å². The fourth-order valence-corrected chi connectivity index (χ4v) is 2.29. The number of hydrogen-bond donors (Lipinski definition) is 2. The van der Waals surface area contributed by atoms with Gasteiger partial charge in [0.1, 0.15) is 18.2 Å².